The Labute approximate surface area is 113 Å². The van der Waals surface area contributed by atoms with Crippen molar-refractivity contribution in [2.24, 2.45) is 0 Å². The summed E-state index contributed by atoms with van der Waals surface area (Å²) in [5, 5.41) is 11.8. The van der Waals surface area contributed by atoms with E-state index in [9.17, 15) is 0 Å². The summed E-state index contributed by atoms with van der Waals surface area (Å²) in [5.41, 5.74) is 0. The molecule has 0 atom stereocenters. The minimum Gasteiger partial charge on any atom is -0.366 e. The third kappa shape index (κ3) is 3.66. The molecule has 1 saturated heterocycles. The average Bonchev–Trinajstić information content (AvgIpc) is 2.46. The molecular formula is C13H18N6. The zero-order valence-electron chi connectivity index (χ0n) is 10.9. The molecule has 0 aromatic carbocycles. The molecular weight excluding hydrogens is 240 g/mol. The molecule has 0 aliphatic carbocycles. The molecule has 6 heteroatoms. The van der Waals surface area contributed by atoms with Crippen LogP contribution < -0.4 is 10.2 Å². The summed E-state index contributed by atoms with van der Waals surface area (Å²) in [6.07, 6.45) is 3.37. The van der Waals surface area contributed by atoms with Gasteiger partial charge in [0.1, 0.15) is 18.0 Å². The molecule has 19 heavy (non-hydrogen) atoms. The lowest BCUT2D eigenvalue weighted by atomic mass is 10.3. The van der Waals surface area contributed by atoms with E-state index in [1.54, 1.807) is 12.4 Å². The van der Waals surface area contributed by atoms with Crippen LogP contribution >= 0.6 is 0 Å². The molecule has 1 aliphatic heterocycles. The third-order valence-electron chi connectivity index (χ3n) is 3.07. The maximum atomic E-state index is 8.68. The van der Waals surface area contributed by atoms with E-state index in [1.165, 1.54) is 0 Å². The van der Waals surface area contributed by atoms with Crippen LogP contribution in [0.2, 0.25) is 0 Å². The molecule has 1 N–H and O–H groups in total. The van der Waals surface area contributed by atoms with E-state index in [4.69, 9.17) is 5.26 Å². The number of rotatable bonds is 5. The van der Waals surface area contributed by atoms with Gasteiger partial charge >= 0.3 is 0 Å². The molecule has 0 radical (unpaired) electrons. The van der Waals surface area contributed by atoms with Gasteiger partial charge in [-0.1, -0.05) is 6.08 Å². The van der Waals surface area contributed by atoms with E-state index in [0.717, 1.165) is 37.8 Å². The largest absolute Gasteiger partial charge is 0.366 e. The second-order valence-electron chi connectivity index (χ2n) is 4.35. The molecule has 2 rings (SSSR count). The van der Waals surface area contributed by atoms with E-state index in [2.05, 4.69) is 37.7 Å². The second-order valence-corrected chi connectivity index (χ2v) is 4.35. The van der Waals surface area contributed by atoms with E-state index in [1.807, 2.05) is 6.07 Å². The molecule has 1 aliphatic rings. The minimum absolute atomic E-state index is 0.504. The number of hydrogen-bond donors (Lipinski definition) is 1. The standard InChI is InChI=1S/C13H18N6/c1-2-4-15-12-10-13(17-11-16-12)19-8-6-18(5-3-14)7-9-19/h2,10-11H,1,4-9H2,(H,15,16,17). The van der Waals surface area contributed by atoms with Crippen LogP contribution in [0.3, 0.4) is 0 Å². The van der Waals surface area contributed by atoms with Crippen LogP contribution in [0.15, 0.2) is 25.0 Å². The lowest BCUT2D eigenvalue weighted by Crippen LogP contribution is -2.46. The maximum absolute atomic E-state index is 8.68. The highest BCUT2D eigenvalue weighted by molar-refractivity contribution is 5.48. The van der Waals surface area contributed by atoms with Crippen molar-refractivity contribution in [1.29, 1.82) is 5.26 Å². The number of aromatic nitrogens is 2. The van der Waals surface area contributed by atoms with Gasteiger partial charge in [0.15, 0.2) is 0 Å². The van der Waals surface area contributed by atoms with E-state index >= 15 is 0 Å². The van der Waals surface area contributed by atoms with Crippen molar-refractivity contribution in [1.82, 2.24) is 14.9 Å². The predicted molar refractivity (Wildman–Crippen MR) is 75.0 cm³/mol. The van der Waals surface area contributed by atoms with Crippen molar-refractivity contribution in [3.63, 3.8) is 0 Å². The van der Waals surface area contributed by atoms with E-state index in [-0.39, 0.29) is 0 Å². The van der Waals surface area contributed by atoms with Gasteiger partial charge in [-0.05, 0) is 0 Å². The Bertz CT molecular complexity index is 458. The van der Waals surface area contributed by atoms with Crippen LogP contribution in [0.1, 0.15) is 0 Å². The van der Waals surface area contributed by atoms with Gasteiger partial charge in [-0.15, -0.1) is 6.58 Å². The molecule has 0 unspecified atom stereocenters. The smallest absolute Gasteiger partial charge is 0.134 e. The number of anilines is 2. The fourth-order valence-electron chi connectivity index (χ4n) is 2.03. The van der Waals surface area contributed by atoms with Crippen LogP contribution in [0.5, 0.6) is 0 Å². The molecule has 0 bridgehead atoms. The summed E-state index contributed by atoms with van der Waals surface area (Å²) < 4.78 is 0. The quantitative estimate of drug-likeness (QED) is 0.620. The molecule has 0 saturated carbocycles. The van der Waals surface area contributed by atoms with Crippen molar-refractivity contribution < 1.29 is 0 Å². The lowest BCUT2D eigenvalue weighted by Gasteiger charge is -2.34. The Morgan fingerprint density at radius 2 is 2.16 bits per heavy atom. The van der Waals surface area contributed by atoms with Gasteiger partial charge in [0.05, 0.1) is 12.6 Å². The van der Waals surface area contributed by atoms with E-state index < -0.39 is 0 Å². The van der Waals surface area contributed by atoms with Crippen molar-refractivity contribution >= 4 is 11.6 Å². The fraction of sp³-hybridized carbons (Fsp3) is 0.462. The average molecular weight is 258 g/mol. The Hall–Kier alpha value is -2.13. The Balaban J connectivity index is 1.95. The lowest BCUT2D eigenvalue weighted by molar-refractivity contribution is 0.286. The molecule has 100 valence electrons. The van der Waals surface area contributed by atoms with Crippen molar-refractivity contribution in [2.75, 3.05) is 49.5 Å². The first-order valence-corrected chi connectivity index (χ1v) is 6.34. The summed E-state index contributed by atoms with van der Waals surface area (Å²) in [5.74, 6) is 1.74. The van der Waals surface area contributed by atoms with Crippen LogP contribution in [0.25, 0.3) is 0 Å². The number of nitrogens with zero attached hydrogens (tertiary/aromatic N) is 5. The second kappa shape index (κ2) is 6.71. The van der Waals surface area contributed by atoms with Crippen molar-refractivity contribution in [2.45, 2.75) is 0 Å². The first kappa shape index (κ1) is 13.3. The van der Waals surface area contributed by atoms with Gasteiger partial charge in [0.2, 0.25) is 0 Å². The zero-order valence-corrected chi connectivity index (χ0v) is 10.9. The normalized spacial score (nSPS) is 15.8. The van der Waals surface area contributed by atoms with Crippen molar-refractivity contribution in [3.8, 4) is 6.07 Å². The predicted octanol–water partition coefficient (Wildman–Crippen LogP) is 0.720. The number of hydrogen-bond acceptors (Lipinski definition) is 6. The highest BCUT2D eigenvalue weighted by atomic mass is 15.3. The monoisotopic (exact) mass is 258 g/mol. The minimum atomic E-state index is 0.504. The summed E-state index contributed by atoms with van der Waals surface area (Å²) in [4.78, 5) is 12.8. The molecule has 1 fully saturated rings. The van der Waals surface area contributed by atoms with Gasteiger partial charge in [-0.3, -0.25) is 4.90 Å². The fourth-order valence-corrected chi connectivity index (χ4v) is 2.03. The number of nitrogens with one attached hydrogen (secondary N) is 1. The number of piperazine rings is 1. The highest BCUT2D eigenvalue weighted by Crippen LogP contribution is 2.15. The summed E-state index contributed by atoms with van der Waals surface area (Å²) in [6.45, 7) is 8.42. The van der Waals surface area contributed by atoms with Gasteiger partial charge in [0, 0.05) is 38.8 Å². The molecule has 6 nitrogen and oxygen atoms in total. The Morgan fingerprint density at radius 1 is 1.37 bits per heavy atom. The van der Waals surface area contributed by atoms with Crippen LogP contribution in [-0.4, -0.2) is 54.1 Å². The molecule has 1 aromatic rings. The Kier molecular flexibility index (Phi) is 4.70. The molecule has 1 aromatic heterocycles. The van der Waals surface area contributed by atoms with E-state index in [0.29, 0.717) is 13.1 Å². The van der Waals surface area contributed by atoms with Gasteiger partial charge in [0.25, 0.3) is 0 Å². The molecule has 2 heterocycles. The van der Waals surface area contributed by atoms with Gasteiger partial charge < -0.3 is 10.2 Å². The first-order valence-electron chi connectivity index (χ1n) is 6.34. The van der Waals surface area contributed by atoms with Crippen LogP contribution in [0, 0.1) is 11.3 Å². The van der Waals surface area contributed by atoms with Gasteiger partial charge in [-0.2, -0.15) is 5.26 Å². The highest BCUT2D eigenvalue weighted by Gasteiger charge is 2.17. The third-order valence-corrected chi connectivity index (χ3v) is 3.07. The van der Waals surface area contributed by atoms with Crippen molar-refractivity contribution in [3.05, 3.63) is 25.0 Å². The van der Waals surface area contributed by atoms with Crippen LogP contribution in [-0.2, 0) is 0 Å². The maximum Gasteiger partial charge on any atom is 0.134 e. The summed E-state index contributed by atoms with van der Waals surface area (Å²) in [6, 6.07) is 4.13. The van der Waals surface area contributed by atoms with Gasteiger partial charge in [-0.25, -0.2) is 9.97 Å². The summed E-state index contributed by atoms with van der Waals surface area (Å²) >= 11 is 0. The van der Waals surface area contributed by atoms with Crippen LogP contribution in [0.4, 0.5) is 11.6 Å². The topological polar surface area (TPSA) is 68.1 Å². The SMILES string of the molecule is C=CCNc1cc(N2CCN(CC#N)CC2)ncn1. The first-order chi connectivity index (χ1) is 9.33. The molecule has 0 spiro atoms. The molecule has 0 amide bonds. The number of nitriles is 1. The summed E-state index contributed by atoms with van der Waals surface area (Å²) in [7, 11) is 0. The Morgan fingerprint density at radius 3 is 2.84 bits per heavy atom. The zero-order chi connectivity index (χ0) is 13.5.